The van der Waals surface area contributed by atoms with Crippen molar-refractivity contribution in [2.45, 2.75) is 43.5 Å². The highest BCUT2D eigenvalue weighted by Gasteiger charge is 2.30. The number of hydrogen-bond acceptors (Lipinski definition) is 6. The van der Waals surface area contributed by atoms with E-state index in [2.05, 4.69) is 4.94 Å². The van der Waals surface area contributed by atoms with E-state index in [4.69, 9.17) is 5.11 Å². The molecule has 0 aliphatic carbocycles. The molecule has 0 aliphatic heterocycles. The van der Waals surface area contributed by atoms with Crippen LogP contribution in [0.15, 0.2) is 0 Å². The van der Waals surface area contributed by atoms with E-state index in [0.717, 1.165) is 0 Å². The highest BCUT2D eigenvalue weighted by atomic mass is 32.2. The van der Waals surface area contributed by atoms with Gasteiger partial charge in [0.2, 0.25) is 0 Å². The van der Waals surface area contributed by atoms with Gasteiger partial charge in [-0.25, -0.2) is 0 Å². The van der Waals surface area contributed by atoms with Gasteiger partial charge in [-0.1, -0.05) is 13.8 Å². The second-order valence-corrected chi connectivity index (χ2v) is 5.38. The second-order valence-electron chi connectivity index (χ2n) is 3.77. The summed E-state index contributed by atoms with van der Waals surface area (Å²) in [7, 11) is 0. The van der Waals surface area contributed by atoms with Crippen molar-refractivity contribution >= 4 is 11.8 Å². The Bertz CT molecular complexity index is 183. The topological polar surface area (TPSA) is 90.2 Å². The van der Waals surface area contributed by atoms with E-state index in [-0.39, 0.29) is 11.0 Å². The van der Waals surface area contributed by atoms with Crippen LogP contribution in [0, 0.1) is 0 Å². The number of rotatable bonds is 8. The summed E-state index contributed by atoms with van der Waals surface area (Å²) in [5, 5.41) is 37.7. The quantitative estimate of drug-likeness (QED) is 0.468. The zero-order valence-corrected chi connectivity index (χ0v) is 10.1. The minimum atomic E-state index is -1.64. The number of hydrogen-bond donors (Lipinski definition) is 4. The van der Waals surface area contributed by atoms with E-state index >= 15 is 0 Å². The highest BCUT2D eigenvalue weighted by Crippen LogP contribution is 2.15. The molecule has 0 bridgehead atoms. The average molecular weight is 258 g/mol. The van der Waals surface area contributed by atoms with Crippen LogP contribution in [-0.2, 0) is 4.94 Å². The molecule has 0 aromatic carbocycles. The van der Waals surface area contributed by atoms with Crippen LogP contribution in [0.4, 0.5) is 4.53 Å². The van der Waals surface area contributed by atoms with Crippen molar-refractivity contribution < 1.29 is 29.9 Å². The molecule has 0 saturated carbocycles. The van der Waals surface area contributed by atoms with E-state index in [1.54, 1.807) is 0 Å². The van der Waals surface area contributed by atoms with Gasteiger partial charge < -0.3 is 20.4 Å². The molecular weight excluding hydrogens is 239 g/mol. The van der Waals surface area contributed by atoms with E-state index in [9.17, 15) is 19.8 Å². The first-order chi connectivity index (χ1) is 7.40. The smallest absolute Gasteiger partial charge is 0.116 e. The average Bonchev–Trinajstić information content (AvgIpc) is 2.23. The maximum Gasteiger partial charge on any atom is 0.116 e. The molecule has 0 radical (unpaired) electrons. The van der Waals surface area contributed by atoms with Crippen LogP contribution >= 0.6 is 11.8 Å². The fourth-order valence-electron chi connectivity index (χ4n) is 1.01. The van der Waals surface area contributed by atoms with E-state index in [1.807, 2.05) is 13.8 Å². The number of halogens is 1. The SMILES string of the molecule is CC(C)SCC(O)C(O)C(O)C(O)COF. The molecule has 0 aliphatic rings. The molecular formula is C9H19FO5S. The molecule has 16 heavy (non-hydrogen) atoms. The number of aliphatic hydroxyl groups is 4. The molecule has 0 saturated heterocycles. The molecule has 0 fully saturated rings. The lowest BCUT2D eigenvalue weighted by Crippen LogP contribution is -2.46. The van der Waals surface area contributed by atoms with Crippen LogP contribution in [-0.4, -0.2) is 62.5 Å². The van der Waals surface area contributed by atoms with Crippen molar-refractivity contribution in [1.82, 2.24) is 0 Å². The van der Waals surface area contributed by atoms with Gasteiger partial charge in [0, 0.05) is 5.75 Å². The van der Waals surface area contributed by atoms with Gasteiger partial charge in [-0.3, -0.25) is 0 Å². The lowest BCUT2D eigenvalue weighted by Gasteiger charge is -2.25. The van der Waals surface area contributed by atoms with Crippen molar-refractivity contribution in [3.05, 3.63) is 0 Å². The fourth-order valence-corrected chi connectivity index (χ4v) is 1.79. The van der Waals surface area contributed by atoms with Crippen molar-refractivity contribution in [3.63, 3.8) is 0 Å². The zero-order chi connectivity index (χ0) is 12.7. The molecule has 0 spiro atoms. The molecule has 7 heteroatoms. The van der Waals surface area contributed by atoms with Crippen LogP contribution in [0.2, 0.25) is 0 Å². The molecule has 0 amide bonds. The summed E-state index contributed by atoms with van der Waals surface area (Å²) >= 11 is 1.40. The summed E-state index contributed by atoms with van der Waals surface area (Å²) in [4.78, 5) is 3.14. The van der Waals surface area contributed by atoms with Crippen LogP contribution in [0.1, 0.15) is 13.8 Å². The Morgan fingerprint density at radius 2 is 1.56 bits per heavy atom. The van der Waals surface area contributed by atoms with Gasteiger partial charge in [-0.2, -0.15) is 16.7 Å². The van der Waals surface area contributed by atoms with Gasteiger partial charge in [-0.15, -0.1) is 0 Å². The minimum absolute atomic E-state index is 0.221. The van der Waals surface area contributed by atoms with Gasteiger partial charge in [-0.05, 0) is 9.78 Å². The first kappa shape index (κ1) is 16.1. The summed E-state index contributed by atoms with van der Waals surface area (Å²) in [5.41, 5.74) is 0. The largest absolute Gasteiger partial charge is 0.389 e. The Balaban J connectivity index is 4.04. The summed E-state index contributed by atoms with van der Waals surface area (Å²) in [5.74, 6) is 0.221. The van der Waals surface area contributed by atoms with E-state index < -0.39 is 31.0 Å². The van der Waals surface area contributed by atoms with Crippen LogP contribution in [0.25, 0.3) is 0 Å². The van der Waals surface area contributed by atoms with Gasteiger partial charge in [0.1, 0.15) is 24.9 Å². The molecule has 4 N–H and O–H groups in total. The molecule has 0 rings (SSSR count). The van der Waals surface area contributed by atoms with Crippen molar-refractivity contribution in [2.75, 3.05) is 12.4 Å². The summed E-state index contributed by atoms with van der Waals surface area (Å²) in [6.07, 6.45) is -5.93. The van der Waals surface area contributed by atoms with Crippen molar-refractivity contribution in [2.24, 2.45) is 0 Å². The summed E-state index contributed by atoms with van der Waals surface area (Å²) < 4.78 is 11.4. The second kappa shape index (κ2) is 8.21. The lowest BCUT2D eigenvalue weighted by atomic mass is 10.0. The predicted octanol–water partition coefficient (Wildman–Crippen LogP) is -0.527. The highest BCUT2D eigenvalue weighted by molar-refractivity contribution is 7.99. The zero-order valence-electron chi connectivity index (χ0n) is 9.28. The number of aliphatic hydroxyl groups excluding tert-OH is 4. The Labute approximate surface area is 98.1 Å². The monoisotopic (exact) mass is 258 g/mol. The van der Waals surface area contributed by atoms with Gasteiger partial charge in [0.25, 0.3) is 0 Å². The van der Waals surface area contributed by atoms with Crippen molar-refractivity contribution in [3.8, 4) is 0 Å². The maximum absolute atomic E-state index is 11.4. The lowest BCUT2D eigenvalue weighted by molar-refractivity contribution is -0.186. The van der Waals surface area contributed by atoms with Gasteiger partial charge >= 0.3 is 0 Å². The Kier molecular flexibility index (Phi) is 8.25. The predicted molar refractivity (Wildman–Crippen MR) is 58.7 cm³/mol. The van der Waals surface area contributed by atoms with Gasteiger partial charge in [0.15, 0.2) is 0 Å². The maximum atomic E-state index is 11.4. The molecule has 0 heterocycles. The summed E-state index contributed by atoms with van der Waals surface area (Å²) in [6.45, 7) is 3.10. The third-order valence-corrected chi connectivity index (χ3v) is 3.17. The molecule has 4 unspecified atom stereocenters. The Morgan fingerprint density at radius 1 is 1.06 bits per heavy atom. The molecule has 0 aromatic heterocycles. The molecule has 98 valence electrons. The summed E-state index contributed by atoms with van der Waals surface area (Å²) in [6, 6.07) is 0. The Morgan fingerprint density at radius 3 is 2.00 bits per heavy atom. The van der Waals surface area contributed by atoms with E-state index in [1.165, 1.54) is 11.8 Å². The van der Waals surface area contributed by atoms with Crippen molar-refractivity contribution in [1.29, 1.82) is 0 Å². The van der Waals surface area contributed by atoms with Crippen LogP contribution in [0.3, 0.4) is 0 Å². The Hall–Kier alpha value is 0.0800. The third kappa shape index (κ3) is 5.97. The van der Waals surface area contributed by atoms with Crippen LogP contribution < -0.4 is 0 Å². The standard InChI is InChI=1S/C9H19FO5S/c1-5(2)16-4-7(12)9(14)8(13)6(11)3-15-10/h5-9,11-14H,3-4H2,1-2H3. The molecule has 5 nitrogen and oxygen atoms in total. The van der Waals surface area contributed by atoms with Crippen LogP contribution in [0.5, 0.6) is 0 Å². The minimum Gasteiger partial charge on any atom is -0.389 e. The fraction of sp³-hybridized carbons (Fsp3) is 1.00. The first-order valence-corrected chi connectivity index (χ1v) is 6.02. The van der Waals surface area contributed by atoms with Gasteiger partial charge in [0.05, 0.1) is 6.10 Å². The first-order valence-electron chi connectivity index (χ1n) is 4.97. The molecule has 4 atom stereocenters. The third-order valence-electron chi connectivity index (χ3n) is 1.97. The molecule has 0 aromatic rings. The number of thioether (sulfide) groups is 1. The normalized spacial score (nSPS) is 19.5. The van der Waals surface area contributed by atoms with E-state index in [0.29, 0.717) is 0 Å².